The van der Waals surface area contributed by atoms with Gasteiger partial charge in [-0.05, 0) is 25.5 Å². The van der Waals surface area contributed by atoms with E-state index in [1.54, 1.807) is 23.2 Å². The number of morpholine rings is 1. The molecule has 1 saturated heterocycles. The number of rotatable bonds is 4. The molecule has 3 rings (SSSR count). The molecule has 6 heteroatoms. The van der Waals surface area contributed by atoms with Crippen LogP contribution in [0.1, 0.15) is 13.3 Å². The highest BCUT2D eigenvalue weighted by molar-refractivity contribution is 5.71. The van der Waals surface area contributed by atoms with Crippen molar-refractivity contribution < 1.29 is 4.74 Å². The first-order valence-electron chi connectivity index (χ1n) is 7.37. The zero-order valence-corrected chi connectivity index (χ0v) is 12.2. The second-order valence-electron chi connectivity index (χ2n) is 5.40. The molecule has 6 nitrogen and oxygen atoms in total. The summed E-state index contributed by atoms with van der Waals surface area (Å²) < 4.78 is 7.02. The molecule has 1 aliphatic heterocycles. The predicted molar refractivity (Wildman–Crippen MR) is 80.3 cm³/mol. The van der Waals surface area contributed by atoms with Gasteiger partial charge in [0.2, 0.25) is 0 Å². The topological polar surface area (TPSA) is 60.2 Å². The SMILES string of the molecule is C[C@@H](CCn1cnc2cccnc2c1=O)N1CCOCC1. The Balaban J connectivity index is 1.70. The first-order chi connectivity index (χ1) is 10.3. The fourth-order valence-electron chi connectivity index (χ4n) is 2.67. The highest BCUT2D eigenvalue weighted by Gasteiger charge is 2.17. The van der Waals surface area contributed by atoms with Crippen LogP contribution < -0.4 is 5.56 Å². The number of pyridine rings is 1. The summed E-state index contributed by atoms with van der Waals surface area (Å²) in [5.74, 6) is 0. The van der Waals surface area contributed by atoms with Gasteiger partial charge in [-0.2, -0.15) is 0 Å². The third-order valence-corrected chi connectivity index (χ3v) is 4.04. The molecule has 112 valence electrons. The molecule has 0 bridgehead atoms. The molecule has 2 aromatic rings. The van der Waals surface area contributed by atoms with Crippen LogP contribution in [0.15, 0.2) is 29.5 Å². The van der Waals surface area contributed by atoms with E-state index in [4.69, 9.17) is 4.74 Å². The summed E-state index contributed by atoms with van der Waals surface area (Å²) in [4.78, 5) is 23.2. The smallest absolute Gasteiger partial charge is 0.279 e. The molecule has 0 saturated carbocycles. The van der Waals surface area contributed by atoms with Gasteiger partial charge in [-0.1, -0.05) is 0 Å². The van der Waals surface area contributed by atoms with Crippen molar-refractivity contribution in [3.05, 3.63) is 35.0 Å². The van der Waals surface area contributed by atoms with E-state index in [-0.39, 0.29) is 5.56 Å². The Hall–Kier alpha value is -1.79. The Morgan fingerprint density at radius 2 is 2.14 bits per heavy atom. The van der Waals surface area contributed by atoms with Crippen LogP contribution in [0.5, 0.6) is 0 Å². The summed E-state index contributed by atoms with van der Waals surface area (Å²) in [6.45, 7) is 6.39. The van der Waals surface area contributed by atoms with Crippen molar-refractivity contribution in [2.24, 2.45) is 0 Å². The van der Waals surface area contributed by atoms with Gasteiger partial charge in [0.05, 0.1) is 25.1 Å². The quantitative estimate of drug-likeness (QED) is 0.836. The standard InChI is InChI=1S/C15H20N4O2/c1-12(18-7-9-21-10-8-18)4-6-19-11-17-13-3-2-5-16-14(13)15(19)20/h2-3,5,11-12H,4,6-10H2,1H3/t12-/m0/s1. The van der Waals surface area contributed by atoms with Crippen molar-refractivity contribution in [1.82, 2.24) is 19.4 Å². The molecule has 0 unspecified atom stereocenters. The van der Waals surface area contributed by atoms with Gasteiger partial charge in [0.15, 0.2) is 5.52 Å². The molecule has 1 fully saturated rings. The van der Waals surface area contributed by atoms with Gasteiger partial charge in [0, 0.05) is 31.9 Å². The van der Waals surface area contributed by atoms with E-state index < -0.39 is 0 Å². The maximum absolute atomic E-state index is 12.3. The molecule has 0 radical (unpaired) electrons. The zero-order chi connectivity index (χ0) is 14.7. The van der Waals surface area contributed by atoms with E-state index in [1.165, 1.54) is 0 Å². The van der Waals surface area contributed by atoms with E-state index in [1.807, 2.05) is 6.07 Å². The highest BCUT2D eigenvalue weighted by Crippen LogP contribution is 2.08. The van der Waals surface area contributed by atoms with Crippen LogP contribution in [0.25, 0.3) is 11.0 Å². The molecule has 2 aromatic heterocycles. The third-order valence-electron chi connectivity index (χ3n) is 4.04. The number of fused-ring (bicyclic) bond motifs is 1. The first-order valence-corrected chi connectivity index (χ1v) is 7.37. The molecule has 0 aliphatic carbocycles. The Kier molecular flexibility index (Phi) is 4.26. The van der Waals surface area contributed by atoms with Crippen LogP contribution >= 0.6 is 0 Å². The minimum absolute atomic E-state index is 0.0604. The normalized spacial score (nSPS) is 18.0. The fraction of sp³-hybridized carbons (Fsp3) is 0.533. The highest BCUT2D eigenvalue weighted by atomic mass is 16.5. The van der Waals surface area contributed by atoms with Gasteiger partial charge < -0.3 is 4.74 Å². The Bertz CT molecular complexity index is 664. The largest absolute Gasteiger partial charge is 0.379 e. The maximum Gasteiger partial charge on any atom is 0.279 e. The molecule has 21 heavy (non-hydrogen) atoms. The molecular weight excluding hydrogens is 268 g/mol. The van der Waals surface area contributed by atoms with Gasteiger partial charge >= 0.3 is 0 Å². The minimum Gasteiger partial charge on any atom is -0.379 e. The van der Waals surface area contributed by atoms with E-state index in [0.29, 0.717) is 23.6 Å². The van der Waals surface area contributed by atoms with Crippen molar-refractivity contribution in [2.45, 2.75) is 25.9 Å². The van der Waals surface area contributed by atoms with Crippen LogP contribution in [-0.2, 0) is 11.3 Å². The van der Waals surface area contributed by atoms with E-state index >= 15 is 0 Å². The van der Waals surface area contributed by atoms with Crippen molar-refractivity contribution >= 4 is 11.0 Å². The van der Waals surface area contributed by atoms with Gasteiger partial charge in [0.1, 0.15) is 0 Å². The second-order valence-corrected chi connectivity index (χ2v) is 5.40. The lowest BCUT2D eigenvalue weighted by atomic mass is 10.2. The predicted octanol–water partition coefficient (Wildman–Crippen LogP) is 0.902. The lowest BCUT2D eigenvalue weighted by Gasteiger charge is -2.32. The minimum atomic E-state index is -0.0604. The van der Waals surface area contributed by atoms with Crippen LogP contribution in [0.3, 0.4) is 0 Å². The molecular formula is C15H20N4O2. The van der Waals surface area contributed by atoms with E-state index in [9.17, 15) is 4.79 Å². The van der Waals surface area contributed by atoms with Crippen LogP contribution in [-0.4, -0.2) is 51.8 Å². The van der Waals surface area contributed by atoms with Crippen molar-refractivity contribution in [2.75, 3.05) is 26.3 Å². The number of ether oxygens (including phenoxy) is 1. The van der Waals surface area contributed by atoms with Gasteiger partial charge in [-0.15, -0.1) is 0 Å². The number of aromatic nitrogens is 3. The lowest BCUT2D eigenvalue weighted by Crippen LogP contribution is -2.42. The number of hydrogen-bond acceptors (Lipinski definition) is 5. The van der Waals surface area contributed by atoms with Crippen LogP contribution in [0, 0.1) is 0 Å². The van der Waals surface area contributed by atoms with Gasteiger partial charge in [-0.3, -0.25) is 14.3 Å². The molecule has 1 atom stereocenters. The molecule has 0 amide bonds. The summed E-state index contributed by atoms with van der Waals surface area (Å²) in [5.41, 5.74) is 1.04. The fourth-order valence-corrected chi connectivity index (χ4v) is 2.67. The number of hydrogen-bond donors (Lipinski definition) is 0. The molecule has 0 aromatic carbocycles. The van der Waals surface area contributed by atoms with E-state index in [2.05, 4.69) is 21.8 Å². The summed E-state index contributed by atoms with van der Waals surface area (Å²) in [5, 5.41) is 0. The van der Waals surface area contributed by atoms with Crippen molar-refractivity contribution in [3.63, 3.8) is 0 Å². The zero-order valence-electron chi connectivity index (χ0n) is 12.2. The number of nitrogens with zero attached hydrogens (tertiary/aromatic N) is 4. The first kappa shape index (κ1) is 14.2. The summed E-state index contributed by atoms with van der Waals surface area (Å²) in [7, 11) is 0. The van der Waals surface area contributed by atoms with E-state index in [0.717, 1.165) is 32.7 Å². The maximum atomic E-state index is 12.3. The lowest BCUT2D eigenvalue weighted by molar-refractivity contribution is 0.0178. The third kappa shape index (κ3) is 3.11. The molecule has 1 aliphatic rings. The average Bonchev–Trinajstić information content (AvgIpc) is 2.55. The number of aryl methyl sites for hydroxylation is 1. The molecule has 0 spiro atoms. The summed E-state index contributed by atoms with van der Waals surface area (Å²) in [6.07, 6.45) is 4.17. The Morgan fingerprint density at radius 1 is 1.33 bits per heavy atom. The average molecular weight is 288 g/mol. The van der Waals surface area contributed by atoms with Crippen LogP contribution in [0.4, 0.5) is 0 Å². The van der Waals surface area contributed by atoms with Crippen LogP contribution in [0.2, 0.25) is 0 Å². The van der Waals surface area contributed by atoms with Gasteiger partial charge in [0.25, 0.3) is 5.56 Å². The van der Waals surface area contributed by atoms with Gasteiger partial charge in [-0.25, -0.2) is 9.97 Å². The van der Waals surface area contributed by atoms with Crippen molar-refractivity contribution in [3.8, 4) is 0 Å². The Morgan fingerprint density at radius 3 is 2.95 bits per heavy atom. The molecule has 3 heterocycles. The van der Waals surface area contributed by atoms with Crippen molar-refractivity contribution in [1.29, 1.82) is 0 Å². The Labute approximate surface area is 123 Å². The molecule has 0 N–H and O–H groups in total. The second kappa shape index (κ2) is 6.32. The summed E-state index contributed by atoms with van der Waals surface area (Å²) in [6, 6.07) is 4.03. The monoisotopic (exact) mass is 288 g/mol. The summed E-state index contributed by atoms with van der Waals surface area (Å²) >= 11 is 0.